The maximum atomic E-state index is 10.2. The molecule has 1 N–H and O–H groups in total. The summed E-state index contributed by atoms with van der Waals surface area (Å²) in [5.41, 5.74) is 0.444. The van der Waals surface area contributed by atoms with Crippen molar-refractivity contribution in [2.24, 2.45) is 0 Å². The summed E-state index contributed by atoms with van der Waals surface area (Å²) in [6, 6.07) is 9.49. The molecule has 112 valence electrons. The van der Waals surface area contributed by atoms with Gasteiger partial charge in [-0.25, -0.2) is 0 Å². The van der Waals surface area contributed by atoms with Crippen LogP contribution in [0.15, 0.2) is 34.9 Å². The lowest BCUT2D eigenvalue weighted by Crippen LogP contribution is -2.26. The number of aliphatic hydroxyl groups is 1. The number of aromatic nitrogens is 2. The van der Waals surface area contributed by atoms with E-state index in [1.165, 1.54) is 0 Å². The van der Waals surface area contributed by atoms with Crippen molar-refractivity contribution in [3.05, 3.63) is 47.6 Å². The molecule has 1 aliphatic carbocycles. The molecule has 0 radical (unpaired) electrons. The smallest absolute Gasteiger partial charge is 0.229 e. The minimum Gasteiger partial charge on any atom is -0.388 e. The normalized spacial score (nSPS) is 18.8. The molecule has 0 spiro atoms. The van der Waals surface area contributed by atoms with Crippen molar-refractivity contribution in [2.45, 2.75) is 43.8 Å². The first kappa shape index (κ1) is 14.2. The Balaban J connectivity index is 1.73. The van der Waals surface area contributed by atoms with Crippen LogP contribution in [-0.4, -0.2) is 22.4 Å². The number of hydrogen-bond donors (Lipinski definition) is 1. The molecule has 1 unspecified atom stereocenters. The SMILES string of the molecule is COC1(c2noc(CC(O)c3ccccc3)n2)CCCC1. The molecule has 1 aliphatic rings. The van der Waals surface area contributed by atoms with Crippen LogP contribution in [0.4, 0.5) is 0 Å². The highest BCUT2D eigenvalue weighted by Crippen LogP contribution is 2.40. The van der Waals surface area contributed by atoms with Crippen molar-refractivity contribution in [3.8, 4) is 0 Å². The molecule has 0 aliphatic heterocycles. The van der Waals surface area contributed by atoms with Crippen LogP contribution in [0.2, 0.25) is 0 Å². The first-order valence-corrected chi connectivity index (χ1v) is 7.35. The van der Waals surface area contributed by atoms with Gasteiger partial charge >= 0.3 is 0 Å². The van der Waals surface area contributed by atoms with Crippen LogP contribution < -0.4 is 0 Å². The number of rotatable bonds is 5. The second-order valence-corrected chi connectivity index (χ2v) is 5.55. The summed E-state index contributed by atoms with van der Waals surface area (Å²) < 4.78 is 10.9. The predicted octanol–water partition coefficient (Wildman–Crippen LogP) is 2.76. The molecule has 21 heavy (non-hydrogen) atoms. The molecule has 0 saturated heterocycles. The van der Waals surface area contributed by atoms with Crippen molar-refractivity contribution < 1.29 is 14.4 Å². The maximum absolute atomic E-state index is 10.2. The second kappa shape index (κ2) is 5.95. The molecule has 1 aromatic heterocycles. The number of benzene rings is 1. The van der Waals surface area contributed by atoms with E-state index in [9.17, 15) is 5.11 Å². The van der Waals surface area contributed by atoms with Crippen LogP contribution in [-0.2, 0) is 16.8 Å². The van der Waals surface area contributed by atoms with E-state index < -0.39 is 11.7 Å². The molecule has 3 rings (SSSR count). The molecular formula is C16H20N2O3. The quantitative estimate of drug-likeness (QED) is 0.916. The Morgan fingerprint density at radius 2 is 2.00 bits per heavy atom. The Bertz CT molecular complexity index is 576. The van der Waals surface area contributed by atoms with Crippen molar-refractivity contribution in [3.63, 3.8) is 0 Å². The Morgan fingerprint density at radius 1 is 1.29 bits per heavy atom. The molecule has 1 saturated carbocycles. The van der Waals surface area contributed by atoms with Gasteiger partial charge in [0.2, 0.25) is 11.7 Å². The van der Waals surface area contributed by atoms with Gasteiger partial charge in [-0.1, -0.05) is 35.5 Å². The van der Waals surface area contributed by atoms with Gasteiger partial charge < -0.3 is 14.4 Å². The number of nitrogens with zero attached hydrogens (tertiary/aromatic N) is 2. The standard InChI is InChI=1S/C16H20N2O3/c1-20-16(9-5-6-10-16)15-17-14(21-18-15)11-13(19)12-7-3-2-4-8-12/h2-4,7-8,13,19H,5-6,9-11H2,1H3. The summed E-state index contributed by atoms with van der Waals surface area (Å²) in [5, 5.41) is 14.3. The Labute approximate surface area is 123 Å². The van der Waals surface area contributed by atoms with Crippen LogP contribution in [0.5, 0.6) is 0 Å². The fourth-order valence-corrected chi connectivity index (χ4v) is 2.95. The van der Waals surface area contributed by atoms with E-state index in [0.717, 1.165) is 31.2 Å². The third kappa shape index (κ3) is 2.84. The van der Waals surface area contributed by atoms with Gasteiger partial charge in [-0.2, -0.15) is 4.98 Å². The predicted molar refractivity (Wildman–Crippen MR) is 76.6 cm³/mol. The van der Waals surface area contributed by atoms with Crippen LogP contribution in [0.1, 0.15) is 49.1 Å². The highest BCUT2D eigenvalue weighted by molar-refractivity contribution is 5.18. The van der Waals surface area contributed by atoms with E-state index in [0.29, 0.717) is 18.1 Å². The maximum Gasteiger partial charge on any atom is 0.229 e. The lowest BCUT2D eigenvalue weighted by atomic mass is 10.0. The zero-order chi connectivity index (χ0) is 14.7. The van der Waals surface area contributed by atoms with Crippen LogP contribution >= 0.6 is 0 Å². The largest absolute Gasteiger partial charge is 0.388 e. The van der Waals surface area contributed by atoms with Crippen molar-refractivity contribution in [1.82, 2.24) is 10.1 Å². The molecule has 0 bridgehead atoms. The molecule has 1 atom stereocenters. The van der Waals surface area contributed by atoms with Gasteiger partial charge in [-0.15, -0.1) is 0 Å². The summed E-state index contributed by atoms with van der Waals surface area (Å²) in [7, 11) is 1.69. The number of methoxy groups -OCH3 is 1. The third-order valence-corrected chi connectivity index (χ3v) is 4.23. The minimum atomic E-state index is -0.637. The van der Waals surface area contributed by atoms with E-state index in [2.05, 4.69) is 10.1 Å². The summed E-state index contributed by atoms with van der Waals surface area (Å²) in [6.07, 6.45) is 3.75. The fraction of sp³-hybridized carbons (Fsp3) is 0.500. The zero-order valence-electron chi connectivity index (χ0n) is 12.2. The molecule has 0 amide bonds. The number of aliphatic hydroxyl groups excluding tert-OH is 1. The topological polar surface area (TPSA) is 68.4 Å². The molecule has 1 aromatic carbocycles. The van der Waals surface area contributed by atoms with Crippen LogP contribution in [0, 0.1) is 0 Å². The van der Waals surface area contributed by atoms with E-state index in [-0.39, 0.29) is 0 Å². The average molecular weight is 288 g/mol. The first-order valence-electron chi connectivity index (χ1n) is 7.35. The van der Waals surface area contributed by atoms with Crippen molar-refractivity contribution in [2.75, 3.05) is 7.11 Å². The van der Waals surface area contributed by atoms with Gasteiger partial charge in [0, 0.05) is 7.11 Å². The number of hydrogen-bond acceptors (Lipinski definition) is 5. The Hall–Kier alpha value is -1.72. The van der Waals surface area contributed by atoms with Gasteiger partial charge in [0.1, 0.15) is 5.60 Å². The molecular weight excluding hydrogens is 268 g/mol. The summed E-state index contributed by atoms with van der Waals surface area (Å²) >= 11 is 0. The van der Waals surface area contributed by atoms with E-state index in [1.807, 2.05) is 30.3 Å². The van der Waals surface area contributed by atoms with Gasteiger partial charge in [0.15, 0.2) is 0 Å². The zero-order valence-corrected chi connectivity index (χ0v) is 12.2. The molecule has 5 heteroatoms. The van der Waals surface area contributed by atoms with E-state index >= 15 is 0 Å². The van der Waals surface area contributed by atoms with E-state index in [1.54, 1.807) is 7.11 Å². The lowest BCUT2D eigenvalue weighted by molar-refractivity contribution is -0.0178. The Kier molecular flexibility index (Phi) is 4.03. The highest BCUT2D eigenvalue weighted by atomic mass is 16.5. The van der Waals surface area contributed by atoms with Crippen molar-refractivity contribution >= 4 is 0 Å². The molecule has 1 heterocycles. The number of ether oxygens (including phenoxy) is 1. The van der Waals surface area contributed by atoms with Gasteiger partial charge in [-0.3, -0.25) is 0 Å². The molecule has 1 fully saturated rings. The van der Waals surface area contributed by atoms with Gasteiger partial charge in [-0.05, 0) is 31.2 Å². The molecule has 2 aromatic rings. The third-order valence-electron chi connectivity index (χ3n) is 4.23. The van der Waals surface area contributed by atoms with Crippen molar-refractivity contribution in [1.29, 1.82) is 0 Å². The van der Waals surface area contributed by atoms with Gasteiger partial charge in [0.25, 0.3) is 0 Å². The monoisotopic (exact) mass is 288 g/mol. The summed E-state index contributed by atoms with van der Waals surface area (Å²) in [5.74, 6) is 1.06. The fourth-order valence-electron chi connectivity index (χ4n) is 2.95. The molecule has 5 nitrogen and oxygen atoms in total. The lowest BCUT2D eigenvalue weighted by Gasteiger charge is -2.22. The average Bonchev–Trinajstić information content (AvgIpc) is 3.17. The minimum absolute atomic E-state index is 0.316. The highest BCUT2D eigenvalue weighted by Gasteiger charge is 2.40. The van der Waals surface area contributed by atoms with Gasteiger partial charge in [0.05, 0.1) is 12.5 Å². The summed E-state index contributed by atoms with van der Waals surface area (Å²) in [6.45, 7) is 0. The Morgan fingerprint density at radius 3 is 2.67 bits per heavy atom. The second-order valence-electron chi connectivity index (χ2n) is 5.55. The van der Waals surface area contributed by atoms with Crippen LogP contribution in [0.3, 0.4) is 0 Å². The van der Waals surface area contributed by atoms with Crippen LogP contribution in [0.25, 0.3) is 0 Å². The first-order chi connectivity index (χ1) is 10.2. The van der Waals surface area contributed by atoms with E-state index in [4.69, 9.17) is 9.26 Å². The summed E-state index contributed by atoms with van der Waals surface area (Å²) in [4.78, 5) is 4.44.